The molecule has 2 unspecified atom stereocenters. The van der Waals surface area contributed by atoms with Crippen LogP contribution in [0.25, 0.3) is 0 Å². The van der Waals surface area contributed by atoms with Crippen LogP contribution in [0.1, 0.15) is 30.7 Å². The van der Waals surface area contributed by atoms with E-state index in [4.69, 9.17) is 11.6 Å². The van der Waals surface area contributed by atoms with E-state index in [1.165, 1.54) is 6.07 Å². The van der Waals surface area contributed by atoms with Gasteiger partial charge < -0.3 is 10.2 Å². The van der Waals surface area contributed by atoms with E-state index in [2.05, 4.69) is 5.32 Å². The molecule has 0 bridgehead atoms. The molecule has 1 aromatic carbocycles. The van der Waals surface area contributed by atoms with E-state index >= 15 is 0 Å². The molecule has 5 heteroatoms. The predicted octanol–water partition coefficient (Wildman–Crippen LogP) is 2.79. The molecule has 1 N–H and O–H groups in total. The fraction of sp³-hybridized carbons (Fsp3) is 0.562. The maximum atomic E-state index is 13.9. The van der Waals surface area contributed by atoms with Crippen LogP contribution in [-0.2, 0) is 4.79 Å². The molecule has 1 aliphatic heterocycles. The summed E-state index contributed by atoms with van der Waals surface area (Å²) in [6, 6.07) is 5.01. The summed E-state index contributed by atoms with van der Waals surface area (Å²) in [6.07, 6.45) is 2.68. The van der Waals surface area contributed by atoms with E-state index in [9.17, 15) is 9.18 Å². The number of hydrogen-bond acceptors (Lipinski definition) is 2. The molecule has 1 saturated carbocycles. The standard InChI is InChI=1S/C16H20ClFN2O/c1-20(10-5-7-19-8-6-10)16(21)12-9-11(12)15-13(17)3-2-4-14(15)18/h2-4,10-12,19H,5-9H2,1H3. The van der Waals surface area contributed by atoms with Crippen molar-refractivity contribution in [3.05, 3.63) is 34.6 Å². The molecule has 2 atom stereocenters. The number of nitrogens with one attached hydrogen (secondary N) is 1. The Bertz CT molecular complexity index is 525. The van der Waals surface area contributed by atoms with E-state index in [0.29, 0.717) is 23.0 Å². The summed E-state index contributed by atoms with van der Waals surface area (Å²) < 4.78 is 13.9. The van der Waals surface area contributed by atoms with E-state index in [0.717, 1.165) is 25.9 Å². The molecule has 114 valence electrons. The zero-order valence-corrected chi connectivity index (χ0v) is 12.9. The lowest BCUT2D eigenvalue weighted by Gasteiger charge is -2.32. The number of amides is 1. The Kier molecular flexibility index (Phi) is 4.18. The van der Waals surface area contributed by atoms with E-state index < -0.39 is 0 Å². The lowest BCUT2D eigenvalue weighted by molar-refractivity contribution is -0.133. The number of hydrogen-bond donors (Lipinski definition) is 1. The smallest absolute Gasteiger partial charge is 0.226 e. The summed E-state index contributed by atoms with van der Waals surface area (Å²) in [7, 11) is 1.87. The summed E-state index contributed by atoms with van der Waals surface area (Å²) in [4.78, 5) is 14.4. The van der Waals surface area contributed by atoms with Crippen LogP contribution in [0.2, 0.25) is 5.02 Å². The first kappa shape index (κ1) is 14.8. The van der Waals surface area contributed by atoms with Crippen molar-refractivity contribution in [1.29, 1.82) is 0 Å². The lowest BCUT2D eigenvalue weighted by atomic mass is 10.0. The molecule has 0 radical (unpaired) electrons. The zero-order valence-electron chi connectivity index (χ0n) is 12.1. The highest BCUT2D eigenvalue weighted by Gasteiger charge is 2.48. The molecule has 1 amide bonds. The monoisotopic (exact) mass is 310 g/mol. The number of piperidine rings is 1. The first-order valence-electron chi connectivity index (χ1n) is 7.51. The van der Waals surface area contributed by atoms with Crippen molar-refractivity contribution >= 4 is 17.5 Å². The zero-order chi connectivity index (χ0) is 15.0. The highest BCUT2D eigenvalue weighted by atomic mass is 35.5. The largest absolute Gasteiger partial charge is 0.342 e. The number of rotatable bonds is 3. The van der Waals surface area contributed by atoms with Gasteiger partial charge >= 0.3 is 0 Å². The van der Waals surface area contributed by atoms with Gasteiger partial charge in [-0.3, -0.25) is 4.79 Å². The summed E-state index contributed by atoms with van der Waals surface area (Å²) in [5, 5.41) is 3.73. The fourth-order valence-electron chi connectivity index (χ4n) is 3.29. The molecular formula is C16H20ClFN2O. The molecule has 0 aromatic heterocycles. The summed E-state index contributed by atoms with van der Waals surface area (Å²) >= 11 is 6.09. The maximum Gasteiger partial charge on any atom is 0.226 e. The van der Waals surface area contributed by atoms with Crippen molar-refractivity contribution in [2.75, 3.05) is 20.1 Å². The van der Waals surface area contributed by atoms with Crippen LogP contribution in [0, 0.1) is 11.7 Å². The number of carbonyl (C=O) groups is 1. The third kappa shape index (κ3) is 2.92. The number of benzene rings is 1. The van der Waals surface area contributed by atoms with Gasteiger partial charge in [0.25, 0.3) is 0 Å². The molecule has 3 rings (SSSR count). The van der Waals surface area contributed by atoms with Crippen LogP contribution >= 0.6 is 11.6 Å². The average Bonchev–Trinajstić information content (AvgIpc) is 3.27. The Labute approximate surface area is 129 Å². The second-order valence-electron chi connectivity index (χ2n) is 6.01. The van der Waals surface area contributed by atoms with Crippen molar-refractivity contribution in [2.45, 2.75) is 31.2 Å². The molecule has 1 heterocycles. The Morgan fingerprint density at radius 3 is 2.76 bits per heavy atom. The summed E-state index contributed by atoms with van der Waals surface area (Å²) in [5.74, 6) is -0.340. The van der Waals surface area contributed by atoms with Crippen LogP contribution in [0.4, 0.5) is 4.39 Å². The van der Waals surface area contributed by atoms with Crippen LogP contribution in [0.15, 0.2) is 18.2 Å². The number of nitrogens with zero attached hydrogens (tertiary/aromatic N) is 1. The Morgan fingerprint density at radius 2 is 2.10 bits per heavy atom. The van der Waals surface area contributed by atoms with E-state index in [-0.39, 0.29) is 23.6 Å². The molecule has 3 nitrogen and oxygen atoms in total. The van der Waals surface area contributed by atoms with Gasteiger partial charge in [-0.15, -0.1) is 0 Å². The van der Waals surface area contributed by atoms with Crippen molar-refractivity contribution < 1.29 is 9.18 Å². The Morgan fingerprint density at radius 1 is 1.38 bits per heavy atom. The van der Waals surface area contributed by atoms with Crippen molar-refractivity contribution in [2.24, 2.45) is 5.92 Å². The van der Waals surface area contributed by atoms with Gasteiger partial charge in [0.15, 0.2) is 0 Å². The molecule has 1 aromatic rings. The summed E-state index contributed by atoms with van der Waals surface area (Å²) in [6.45, 7) is 1.91. The molecular weight excluding hydrogens is 291 g/mol. The molecule has 2 fully saturated rings. The third-order valence-corrected chi connectivity index (χ3v) is 5.01. The van der Waals surface area contributed by atoms with Gasteiger partial charge in [-0.2, -0.15) is 0 Å². The van der Waals surface area contributed by atoms with Crippen LogP contribution in [-0.4, -0.2) is 37.0 Å². The van der Waals surface area contributed by atoms with Crippen LogP contribution in [0.5, 0.6) is 0 Å². The van der Waals surface area contributed by atoms with Crippen molar-refractivity contribution in [1.82, 2.24) is 10.2 Å². The lowest BCUT2D eigenvalue weighted by Crippen LogP contribution is -2.44. The molecule has 0 spiro atoms. The Hall–Kier alpha value is -1.13. The van der Waals surface area contributed by atoms with Gasteiger partial charge in [-0.25, -0.2) is 4.39 Å². The Balaban J connectivity index is 1.68. The normalized spacial score (nSPS) is 25.7. The van der Waals surface area contributed by atoms with E-state index in [1.54, 1.807) is 12.1 Å². The number of carbonyl (C=O) groups excluding carboxylic acids is 1. The third-order valence-electron chi connectivity index (χ3n) is 4.68. The minimum absolute atomic E-state index is 0.0598. The first-order chi connectivity index (χ1) is 10.1. The fourth-order valence-corrected chi connectivity index (χ4v) is 3.59. The number of halogens is 2. The van der Waals surface area contributed by atoms with Gasteiger partial charge in [-0.05, 0) is 44.5 Å². The van der Waals surface area contributed by atoms with Gasteiger partial charge in [0.1, 0.15) is 5.82 Å². The SMILES string of the molecule is CN(C(=O)C1CC1c1c(F)cccc1Cl)C1CCNCC1. The minimum atomic E-state index is -0.299. The highest BCUT2D eigenvalue weighted by Crippen LogP contribution is 2.51. The van der Waals surface area contributed by atoms with Gasteiger partial charge in [0.2, 0.25) is 5.91 Å². The van der Waals surface area contributed by atoms with Crippen LogP contribution in [0.3, 0.4) is 0 Å². The molecule has 1 aliphatic carbocycles. The first-order valence-corrected chi connectivity index (χ1v) is 7.88. The maximum absolute atomic E-state index is 13.9. The van der Waals surface area contributed by atoms with E-state index in [1.807, 2.05) is 11.9 Å². The van der Waals surface area contributed by atoms with Gasteiger partial charge in [0, 0.05) is 35.5 Å². The molecule has 21 heavy (non-hydrogen) atoms. The molecule has 2 aliphatic rings. The second-order valence-corrected chi connectivity index (χ2v) is 6.42. The van der Waals surface area contributed by atoms with Crippen molar-refractivity contribution in [3.8, 4) is 0 Å². The molecule has 1 saturated heterocycles. The van der Waals surface area contributed by atoms with Crippen molar-refractivity contribution in [3.63, 3.8) is 0 Å². The second kappa shape index (κ2) is 5.93. The van der Waals surface area contributed by atoms with Gasteiger partial charge in [-0.1, -0.05) is 17.7 Å². The quantitative estimate of drug-likeness (QED) is 0.931. The highest BCUT2D eigenvalue weighted by molar-refractivity contribution is 6.31. The van der Waals surface area contributed by atoms with Gasteiger partial charge in [0.05, 0.1) is 0 Å². The average molecular weight is 311 g/mol. The minimum Gasteiger partial charge on any atom is -0.342 e. The summed E-state index contributed by atoms with van der Waals surface area (Å²) in [5.41, 5.74) is 0.510. The van der Waals surface area contributed by atoms with Crippen LogP contribution < -0.4 is 5.32 Å². The predicted molar refractivity (Wildman–Crippen MR) is 80.9 cm³/mol. The topological polar surface area (TPSA) is 32.3 Å².